The molecule has 2 N–H and O–H groups in total. The first-order valence-corrected chi connectivity index (χ1v) is 7.71. The summed E-state index contributed by atoms with van der Waals surface area (Å²) in [6, 6.07) is 9.45. The number of likely N-dealkylation sites (tertiary alicyclic amines) is 1. The van der Waals surface area contributed by atoms with Gasteiger partial charge < -0.3 is 10.6 Å². The van der Waals surface area contributed by atoms with Crippen LogP contribution >= 0.6 is 0 Å². The van der Waals surface area contributed by atoms with Crippen LogP contribution in [0.4, 0.5) is 18.0 Å². The molecule has 2 amide bonds. The van der Waals surface area contributed by atoms with Crippen LogP contribution < -0.4 is 10.6 Å². The molecule has 4 nitrogen and oxygen atoms in total. The van der Waals surface area contributed by atoms with E-state index in [9.17, 15) is 18.0 Å². The van der Waals surface area contributed by atoms with Crippen LogP contribution in [0, 0.1) is 5.92 Å². The van der Waals surface area contributed by atoms with Crippen molar-refractivity contribution in [1.82, 2.24) is 15.5 Å². The normalized spacial score (nSPS) is 22.1. The third-order valence-corrected chi connectivity index (χ3v) is 3.95. The van der Waals surface area contributed by atoms with E-state index in [1.165, 1.54) is 5.56 Å². The zero-order valence-electron chi connectivity index (χ0n) is 13.1. The highest BCUT2D eigenvalue weighted by atomic mass is 19.4. The van der Waals surface area contributed by atoms with Crippen LogP contribution in [-0.4, -0.2) is 42.8 Å². The second-order valence-electron chi connectivity index (χ2n) is 6.03. The molecule has 1 saturated heterocycles. The number of carbonyl (C=O) groups excluding carboxylic acids is 1. The van der Waals surface area contributed by atoms with Crippen LogP contribution in [0.1, 0.15) is 18.9 Å². The molecule has 1 aromatic carbocycles. The van der Waals surface area contributed by atoms with E-state index in [-0.39, 0.29) is 12.0 Å². The van der Waals surface area contributed by atoms with Crippen LogP contribution in [0.25, 0.3) is 0 Å². The first kappa shape index (κ1) is 17.6. The van der Waals surface area contributed by atoms with Gasteiger partial charge in [-0.05, 0) is 11.5 Å². The van der Waals surface area contributed by atoms with Gasteiger partial charge in [0.05, 0.1) is 6.42 Å². The maximum absolute atomic E-state index is 12.1. The Hall–Kier alpha value is -1.76. The molecule has 0 saturated carbocycles. The molecule has 7 heteroatoms. The van der Waals surface area contributed by atoms with Crippen LogP contribution in [0.2, 0.25) is 0 Å². The number of hydrogen-bond acceptors (Lipinski definition) is 2. The molecule has 1 aliphatic rings. The van der Waals surface area contributed by atoms with Crippen molar-refractivity contribution < 1.29 is 18.0 Å². The van der Waals surface area contributed by atoms with Crippen molar-refractivity contribution in [3.05, 3.63) is 35.9 Å². The van der Waals surface area contributed by atoms with Gasteiger partial charge in [-0.15, -0.1) is 0 Å². The van der Waals surface area contributed by atoms with Crippen molar-refractivity contribution in [2.24, 2.45) is 5.92 Å². The fourth-order valence-corrected chi connectivity index (χ4v) is 2.76. The Bertz CT molecular complexity index is 507. The fraction of sp³-hybridized carbons (Fsp3) is 0.562. The lowest BCUT2D eigenvalue weighted by Gasteiger charge is -2.18. The van der Waals surface area contributed by atoms with E-state index in [1.807, 2.05) is 25.1 Å². The minimum absolute atomic E-state index is 0.0513. The summed E-state index contributed by atoms with van der Waals surface area (Å²) in [5, 5.41) is 5.03. The molecular formula is C16H22F3N3O. The van der Waals surface area contributed by atoms with Gasteiger partial charge >= 0.3 is 12.2 Å². The van der Waals surface area contributed by atoms with E-state index in [0.29, 0.717) is 6.54 Å². The smallest absolute Gasteiger partial charge is 0.338 e. The van der Waals surface area contributed by atoms with Gasteiger partial charge in [0.2, 0.25) is 0 Å². The highest BCUT2D eigenvalue weighted by Crippen LogP contribution is 2.19. The number of alkyl halides is 3. The van der Waals surface area contributed by atoms with Crippen LogP contribution in [0.5, 0.6) is 0 Å². The van der Waals surface area contributed by atoms with Crippen molar-refractivity contribution in [2.45, 2.75) is 32.1 Å². The minimum Gasteiger partial charge on any atom is -0.338 e. The van der Waals surface area contributed by atoms with E-state index < -0.39 is 25.2 Å². The van der Waals surface area contributed by atoms with E-state index >= 15 is 0 Å². The van der Waals surface area contributed by atoms with Crippen molar-refractivity contribution in [3.8, 4) is 0 Å². The predicted molar refractivity (Wildman–Crippen MR) is 81.9 cm³/mol. The molecule has 1 fully saturated rings. The Morgan fingerprint density at radius 1 is 1.26 bits per heavy atom. The number of carbonyl (C=O) groups is 1. The Labute approximate surface area is 134 Å². The molecule has 0 aromatic heterocycles. The maximum atomic E-state index is 12.1. The van der Waals surface area contributed by atoms with Crippen molar-refractivity contribution in [3.63, 3.8) is 0 Å². The SMILES string of the molecule is C[C@@H]1CN(Cc2ccccc2)C[C@@H]1NC(=O)NCCC(F)(F)F. The number of hydrogen-bond donors (Lipinski definition) is 2. The second-order valence-corrected chi connectivity index (χ2v) is 6.03. The number of nitrogens with one attached hydrogen (secondary N) is 2. The Balaban J connectivity index is 1.74. The molecule has 2 atom stereocenters. The largest absolute Gasteiger partial charge is 0.390 e. The van der Waals surface area contributed by atoms with Gasteiger partial charge in [0.1, 0.15) is 0 Å². The van der Waals surface area contributed by atoms with Gasteiger partial charge in [0, 0.05) is 32.2 Å². The van der Waals surface area contributed by atoms with Crippen molar-refractivity contribution in [2.75, 3.05) is 19.6 Å². The number of benzene rings is 1. The number of nitrogens with zero attached hydrogens (tertiary/aromatic N) is 1. The number of rotatable bonds is 5. The van der Waals surface area contributed by atoms with Crippen LogP contribution in [0.15, 0.2) is 30.3 Å². The third kappa shape index (κ3) is 6.09. The molecular weight excluding hydrogens is 307 g/mol. The minimum atomic E-state index is -4.25. The number of urea groups is 1. The van der Waals surface area contributed by atoms with Gasteiger partial charge in [0.25, 0.3) is 0 Å². The Morgan fingerprint density at radius 3 is 2.61 bits per heavy atom. The van der Waals surface area contributed by atoms with E-state index in [0.717, 1.165) is 13.1 Å². The summed E-state index contributed by atoms with van der Waals surface area (Å²) in [6.07, 6.45) is -5.26. The Morgan fingerprint density at radius 2 is 1.96 bits per heavy atom. The second kappa shape index (κ2) is 7.68. The van der Waals surface area contributed by atoms with E-state index in [1.54, 1.807) is 0 Å². The number of halogens is 3. The fourth-order valence-electron chi connectivity index (χ4n) is 2.76. The zero-order valence-corrected chi connectivity index (χ0v) is 13.1. The molecule has 2 rings (SSSR count). The topological polar surface area (TPSA) is 44.4 Å². The molecule has 1 heterocycles. The lowest BCUT2D eigenvalue weighted by atomic mass is 10.1. The quantitative estimate of drug-likeness (QED) is 0.872. The molecule has 128 valence electrons. The summed E-state index contributed by atoms with van der Waals surface area (Å²) in [5.41, 5.74) is 1.20. The first-order chi connectivity index (χ1) is 10.8. The molecule has 0 unspecified atom stereocenters. The summed E-state index contributed by atoms with van der Waals surface area (Å²) in [5.74, 6) is 0.257. The van der Waals surface area contributed by atoms with Crippen LogP contribution in [0.3, 0.4) is 0 Å². The highest BCUT2D eigenvalue weighted by Gasteiger charge is 2.31. The molecule has 0 spiro atoms. The molecule has 0 radical (unpaired) electrons. The average Bonchev–Trinajstić information content (AvgIpc) is 2.78. The monoisotopic (exact) mass is 329 g/mol. The zero-order chi connectivity index (χ0) is 16.9. The summed E-state index contributed by atoms with van der Waals surface area (Å²) < 4.78 is 36.2. The summed E-state index contributed by atoms with van der Waals surface area (Å²) in [7, 11) is 0. The average molecular weight is 329 g/mol. The van der Waals surface area contributed by atoms with Gasteiger partial charge in [0.15, 0.2) is 0 Å². The van der Waals surface area contributed by atoms with Gasteiger partial charge in [-0.1, -0.05) is 37.3 Å². The lowest BCUT2D eigenvalue weighted by Crippen LogP contribution is -2.46. The first-order valence-electron chi connectivity index (χ1n) is 7.71. The standard InChI is InChI=1S/C16H22F3N3O/c1-12-9-22(10-13-5-3-2-4-6-13)11-14(12)21-15(23)20-8-7-16(17,18)19/h2-6,12,14H,7-11H2,1H3,(H2,20,21,23)/t12-,14+/m1/s1. The Kier molecular flexibility index (Phi) is 5.87. The summed E-state index contributed by atoms with van der Waals surface area (Å²) in [6.45, 7) is 3.99. The van der Waals surface area contributed by atoms with Crippen molar-refractivity contribution >= 4 is 6.03 Å². The summed E-state index contributed by atoms with van der Waals surface area (Å²) in [4.78, 5) is 13.9. The molecule has 1 aliphatic heterocycles. The highest BCUT2D eigenvalue weighted by molar-refractivity contribution is 5.74. The molecule has 0 bridgehead atoms. The third-order valence-electron chi connectivity index (χ3n) is 3.95. The van der Waals surface area contributed by atoms with Gasteiger partial charge in [-0.3, -0.25) is 4.90 Å². The summed E-state index contributed by atoms with van der Waals surface area (Å²) >= 11 is 0. The van der Waals surface area contributed by atoms with Gasteiger partial charge in [-0.2, -0.15) is 13.2 Å². The maximum Gasteiger partial charge on any atom is 0.390 e. The van der Waals surface area contributed by atoms with Crippen LogP contribution in [-0.2, 0) is 6.54 Å². The lowest BCUT2D eigenvalue weighted by molar-refractivity contribution is -0.132. The molecule has 23 heavy (non-hydrogen) atoms. The molecule has 1 aromatic rings. The molecule has 0 aliphatic carbocycles. The van der Waals surface area contributed by atoms with E-state index in [4.69, 9.17) is 0 Å². The van der Waals surface area contributed by atoms with E-state index in [2.05, 4.69) is 27.7 Å². The van der Waals surface area contributed by atoms with Crippen molar-refractivity contribution in [1.29, 1.82) is 0 Å². The number of amides is 2. The van der Waals surface area contributed by atoms with Gasteiger partial charge in [-0.25, -0.2) is 4.79 Å². The predicted octanol–water partition coefficient (Wildman–Crippen LogP) is 2.76.